The highest BCUT2D eigenvalue weighted by Gasteiger charge is 2.15. The summed E-state index contributed by atoms with van der Waals surface area (Å²) in [6.45, 7) is 5.78. The lowest BCUT2D eigenvalue weighted by atomic mass is 10.0. The van der Waals surface area contributed by atoms with E-state index in [2.05, 4.69) is 10.6 Å². The summed E-state index contributed by atoms with van der Waals surface area (Å²) in [5, 5.41) is 15.6. The van der Waals surface area contributed by atoms with Crippen LogP contribution in [-0.4, -0.2) is 17.7 Å². The molecule has 5 nitrogen and oxygen atoms in total. The van der Waals surface area contributed by atoms with Gasteiger partial charge in [-0.3, -0.25) is 0 Å². The number of hydrogen-bond donors (Lipinski definition) is 3. The van der Waals surface area contributed by atoms with E-state index in [4.69, 9.17) is 4.42 Å². The summed E-state index contributed by atoms with van der Waals surface area (Å²) >= 11 is 0. The van der Waals surface area contributed by atoms with Crippen molar-refractivity contribution in [1.82, 2.24) is 10.6 Å². The van der Waals surface area contributed by atoms with Crippen LogP contribution in [0.15, 0.2) is 40.8 Å². The maximum Gasteiger partial charge on any atom is 0.315 e. The Bertz CT molecular complexity index is 636. The van der Waals surface area contributed by atoms with Gasteiger partial charge in [0, 0.05) is 6.54 Å². The van der Waals surface area contributed by atoms with Crippen LogP contribution < -0.4 is 10.6 Å². The third kappa shape index (κ3) is 4.11. The smallest absolute Gasteiger partial charge is 0.315 e. The van der Waals surface area contributed by atoms with E-state index in [1.807, 2.05) is 57.2 Å². The predicted molar refractivity (Wildman–Crippen MR) is 84.5 cm³/mol. The van der Waals surface area contributed by atoms with Gasteiger partial charge in [-0.15, -0.1) is 0 Å². The molecule has 2 unspecified atom stereocenters. The summed E-state index contributed by atoms with van der Waals surface area (Å²) in [5.74, 6) is 1.51. The van der Waals surface area contributed by atoms with Crippen LogP contribution in [0.1, 0.15) is 41.7 Å². The third-order valence-corrected chi connectivity index (χ3v) is 3.54. The first-order valence-corrected chi connectivity index (χ1v) is 7.31. The van der Waals surface area contributed by atoms with Gasteiger partial charge in [-0.2, -0.15) is 0 Å². The molecule has 2 atom stereocenters. The summed E-state index contributed by atoms with van der Waals surface area (Å²) in [7, 11) is 0. The number of furan rings is 1. The molecule has 1 aromatic heterocycles. The van der Waals surface area contributed by atoms with E-state index in [1.54, 1.807) is 0 Å². The number of aliphatic hydroxyl groups is 1. The van der Waals surface area contributed by atoms with E-state index in [1.165, 1.54) is 0 Å². The molecule has 0 saturated carbocycles. The Balaban J connectivity index is 1.84. The minimum Gasteiger partial charge on any atom is -0.464 e. The van der Waals surface area contributed by atoms with Crippen molar-refractivity contribution in [3.8, 4) is 0 Å². The quantitative estimate of drug-likeness (QED) is 0.795. The average Bonchev–Trinajstić information content (AvgIpc) is 2.92. The maximum absolute atomic E-state index is 11.9. The van der Waals surface area contributed by atoms with E-state index < -0.39 is 6.10 Å². The Labute approximate surface area is 130 Å². The van der Waals surface area contributed by atoms with Gasteiger partial charge in [-0.1, -0.05) is 24.3 Å². The van der Waals surface area contributed by atoms with E-state index in [0.717, 1.165) is 16.9 Å². The zero-order valence-corrected chi connectivity index (χ0v) is 13.1. The monoisotopic (exact) mass is 302 g/mol. The van der Waals surface area contributed by atoms with Crippen molar-refractivity contribution in [3.05, 3.63) is 59.0 Å². The first kappa shape index (κ1) is 16.1. The van der Waals surface area contributed by atoms with E-state index in [0.29, 0.717) is 5.76 Å². The minimum atomic E-state index is -0.729. The molecule has 0 aliphatic heterocycles. The van der Waals surface area contributed by atoms with Gasteiger partial charge in [-0.25, -0.2) is 4.79 Å². The normalized spacial score (nSPS) is 13.5. The molecule has 0 aliphatic carbocycles. The molecule has 2 amide bonds. The Kier molecular flexibility index (Phi) is 5.22. The molecule has 1 heterocycles. The first-order valence-electron chi connectivity index (χ1n) is 7.31. The number of amides is 2. The first-order chi connectivity index (χ1) is 10.5. The summed E-state index contributed by atoms with van der Waals surface area (Å²) in [6.07, 6.45) is -0.729. The number of carbonyl (C=O) groups excluding carboxylic acids is 1. The molecule has 1 aromatic carbocycles. The molecule has 0 fully saturated rings. The van der Waals surface area contributed by atoms with Gasteiger partial charge < -0.3 is 20.2 Å². The van der Waals surface area contributed by atoms with Crippen molar-refractivity contribution in [2.75, 3.05) is 6.54 Å². The summed E-state index contributed by atoms with van der Waals surface area (Å²) < 4.78 is 5.46. The van der Waals surface area contributed by atoms with Crippen LogP contribution in [0.2, 0.25) is 0 Å². The lowest BCUT2D eigenvalue weighted by molar-refractivity contribution is 0.171. The van der Waals surface area contributed by atoms with Gasteiger partial charge in [0.25, 0.3) is 0 Å². The molecule has 22 heavy (non-hydrogen) atoms. The second-order valence-electron chi connectivity index (χ2n) is 5.40. The molecule has 0 saturated heterocycles. The summed E-state index contributed by atoms with van der Waals surface area (Å²) in [5.41, 5.74) is 1.81. The molecule has 3 N–H and O–H groups in total. The second-order valence-corrected chi connectivity index (χ2v) is 5.40. The molecule has 118 valence electrons. The average molecular weight is 302 g/mol. The number of rotatable bonds is 5. The molecule has 5 heteroatoms. The van der Waals surface area contributed by atoms with Gasteiger partial charge >= 0.3 is 6.03 Å². The second kappa shape index (κ2) is 7.13. The molecule has 2 aromatic rings. The zero-order valence-electron chi connectivity index (χ0n) is 13.1. The van der Waals surface area contributed by atoms with Crippen LogP contribution in [0.4, 0.5) is 4.79 Å². The number of benzene rings is 1. The van der Waals surface area contributed by atoms with E-state index in [-0.39, 0.29) is 18.6 Å². The van der Waals surface area contributed by atoms with Gasteiger partial charge in [0.05, 0.1) is 12.1 Å². The van der Waals surface area contributed by atoms with Crippen LogP contribution >= 0.6 is 0 Å². The number of aryl methyl sites for hydroxylation is 2. The molecule has 0 bridgehead atoms. The summed E-state index contributed by atoms with van der Waals surface area (Å²) in [6, 6.07) is 10.7. The number of aliphatic hydroxyl groups excluding tert-OH is 1. The molecular formula is C17H22N2O3. The third-order valence-electron chi connectivity index (χ3n) is 3.54. The Morgan fingerprint density at radius 2 is 1.95 bits per heavy atom. The van der Waals surface area contributed by atoms with Crippen molar-refractivity contribution < 1.29 is 14.3 Å². The maximum atomic E-state index is 11.9. The highest BCUT2D eigenvalue weighted by atomic mass is 16.3. The Hall–Kier alpha value is -2.27. The predicted octanol–water partition coefficient (Wildman–Crippen LogP) is 2.99. The molecule has 0 aliphatic rings. The lowest BCUT2D eigenvalue weighted by Crippen LogP contribution is -2.39. The minimum absolute atomic E-state index is 0.153. The van der Waals surface area contributed by atoms with Crippen molar-refractivity contribution in [3.63, 3.8) is 0 Å². The zero-order chi connectivity index (χ0) is 16.1. The lowest BCUT2D eigenvalue weighted by Gasteiger charge is -2.16. The van der Waals surface area contributed by atoms with Crippen molar-refractivity contribution in [2.24, 2.45) is 0 Å². The number of hydrogen-bond acceptors (Lipinski definition) is 3. The molecular weight excluding hydrogens is 280 g/mol. The van der Waals surface area contributed by atoms with Crippen molar-refractivity contribution in [1.29, 1.82) is 0 Å². The van der Waals surface area contributed by atoms with Crippen LogP contribution in [-0.2, 0) is 0 Å². The number of carbonyl (C=O) groups is 1. The highest BCUT2D eigenvalue weighted by Crippen LogP contribution is 2.17. The van der Waals surface area contributed by atoms with Crippen molar-refractivity contribution in [2.45, 2.75) is 32.9 Å². The topological polar surface area (TPSA) is 74.5 Å². The Morgan fingerprint density at radius 1 is 1.23 bits per heavy atom. The SMILES string of the molecule is Cc1ccc(C(C)NC(=O)NCC(O)c2ccccc2C)o1. The fourth-order valence-electron chi connectivity index (χ4n) is 2.26. The fourth-order valence-corrected chi connectivity index (χ4v) is 2.26. The standard InChI is InChI=1S/C17H22N2O3/c1-11-6-4-5-7-14(11)15(20)10-18-17(21)19-13(3)16-9-8-12(2)22-16/h4-9,13,15,20H,10H2,1-3H3,(H2,18,19,21). The molecule has 0 spiro atoms. The van der Waals surface area contributed by atoms with Gasteiger partial charge in [0.2, 0.25) is 0 Å². The number of nitrogens with one attached hydrogen (secondary N) is 2. The van der Waals surface area contributed by atoms with Gasteiger partial charge in [-0.05, 0) is 44.0 Å². The van der Waals surface area contributed by atoms with Crippen molar-refractivity contribution >= 4 is 6.03 Å². The summed E-state index contributed by atoms with van der Waals surface area (Å²) in [4.78, 5) is 11.9. The van der Waals surface area contributed by atoms with Gasteiger partial charge in [0.1, 0.15) is 11.5 Å². The molecule has 0 radical (unpaired) electrons. The van der Waals surface area contributed by atoms with Gasteiger partial charge in [0.15, 0.2) is 0 Å². The van der Waals surface area contributed by atoms with E-state index in [9.17, 15) is 9.90 Å². The van der Waals surface area contributed by atoms with Crippen LogP contribution in [0.5, 0.6) is 0 Å². The van der Waals surface area contributed by atoms with E-state index >= 15 is 0 Å². The molecule has 2 rings (SSSR count). The highest BCUT2D eigenvalue weighted by molar-refractivity contribution is 5.74. The fraction of sp³-hybridized carbons (Fsp3) is 0.353. The largest absolute Gasteiger partial charge is 0.464 e. The Morgan fingerprint density at radius 3 is 2.59 bits per heavy atom. The number of urea groups is 1. The van der Waals surface area contributed by atoms with Crippen LogP contribution in [0.25, 0.3) is 0 Å². The van der Waals surface area contributed by atoms with Crippen LogP contribution in [0, 0.1) is 13.8 Å². The van der Waals surface area contributed by atoms with Crippen LogP contribution in [0.3, 0.4) is 0 Å².